The zero-order valence-electron chi connectivity index (χ0n) is 9.65. The third kappa shape index (κ3) is 17.8. The first-order valence-electron chi connectivity index (χ1n) is 4.24. The van der Waals surface area contributed by atoms with E-state index in [4.69, 9.17) is 12.2 Å². The minimum Gasteiger partial charge on any atom is -0.364 e. The fourth-order valence-corrected chi connectivity index (χ4v) is 1.04. The molecule has 8 heteroatoms. The second-order valence-corrected chi connectivity index (χ2v) is 4.86. The predicted octanol–water partition coefficient (Wildman–Crippen LogP) is 2.30. The van der Waals surface area contributed by atoms with E-state index in [1.54, 1.807) is 4.90 Å². The van der Waals surface area contributed by atoms with Gasteiger partial charge in [-0.2, -0.15) is 0 Å². The van der Waals surface area contributed by atoms with Crippen LogP contribution in [0.25, 0.3) is 0 Å². The minimum atomic E-state index is 0. The fraction of sp³-hybridized carbons (Fsp3) is 0.750. The Bertz CT molecular complexity index is 187. The number of thiol groups is 2. The van der Waals surface area contributed by atoms with Crippen LogP contribution in [0.2, 0.25) is 0 Å². The van der Waals surface area contributed by atoms with Crippen molar-refractivity contribution in [2.45, 2.75) is 13.8 Å². The molecule has 0 saturated carbocycles. The molecule has 0 saturated heterocycles. The zero-order chi connectivity index (χ0) is 11.7. The summed E-state index contributed by atoms with van der Waals surface area (Å²) in [5.74, 6) is 0. The topological polar surface area (TPSA) is 6.48 Å². The monoisotopic (exact) mass is 386 g/mol. The maximum Gasteiger partial charge on any atom is 0.133 e. The molecule has 0 radical (unpaired) electrons. The molecule has 0 aliphatic rings. The van der Waals surface area contributed by atoms with Crippen LogP contribution in [0.5, 0.6) is 0 Å². The van der Waals surface area contributed by atoms with Crippen molar-refractivity contribution in [3.63, 3.8) is 0 Å². The largest absolute Gasteiger partial charge is 0.364 e. The molecule has 0 aromatic rings. The van der Waals surface area contributed by atoms with Crippen molar-refractivity contribution in [2.24, 2.45) is 0 Å². The second kappa shape index (κ2) is 16.5. The number of hydrogen-bond donors (Lipinski definition) is 2. The average molecular weight is 388 g/mol. The van der Waals surface area contributed by atoms with E-state index in [9.17, 15) is 0 Å². The quantitative estimate of drug-likeness (QED) is 0.426. The van der Waals surface area contributed by atoms with E-state index in [1.165, 1.54) is 0 Å². The molecular formula is C8H18N2Ni2S4. The number of rotatable bonds is 2. The molecule has 0 amide bonds. The van der Waals surface area contributed by atoms with Crippen molar-refractivity contribution in [3.05, 3.63) is 0 Å². The van der Waals surface area contributed by atoms with Crippen LogP contribution in [0, 0.1) is 0 Å². The fourth-order valence-electron chi connectivity index (χ4n) is 0.494. The van der Waals surface area contributed by atoms with E-state index in [2.05, 4.69) is 51.3 Å². The molecule has 2 nitrogen and oxygen atoms in total. The molecule has 0 bridgehead atoms. The van der Waals surface area contributed by atoms with Gasteiger partial charge in [-0.15, -0.1) is 25.3 Å². The van der Waals surface area contributed by atoms with Gasteiger partial charge in [0.15, 0.2) is 0 Å². The van der Waals surface area contributed by atoms with E-state index in [0.717, 1.165) is 13.1 Å². The summed E-state index contributed by atoms with van der Waals surface area (Å²) < 4.78 is 1.31. The third-order valence-corrected chi connectivity index (χ3v) is 2.72. The first kappa shape index (κ1) is 26.1. The van der Waals surface area contributed by atoms with Gasteiger partial charge in [-0.3, -0.25) is 0 Å². The standard InChI is InChI=1S/C5H11NS2.C3H7NS2.2Ni/c1-3-6(4-2)5(7)8;1-4(2)3(5)6;;/h3-4H2,1-2H3,(H,7,8);1-2H3,(H,5,6);;. The summed E-state index contributed by atoms with van der Waals surface area (Å²) in [5.41, 5.74) is 0. The van der Waals surface area contributed by atoms with Crippen LogP contribution < -0.4 is 0 Å². The molecule has 0 aliphatic carbocycles. The van der Waals surface area contributed by atoms with Gasteiger partial charge in [0.05, 0.1) is 0 Å². The first-order chi connectivity index (χ1) is 6.36. The van der Waals surface area contributed by atoms with Gasteiger partial charge in [0.25, 0.3) is 0 Å². The maximum absolute atomic E-state index is 4.81. The molecule has 104 valence electrons. The molecule has 16 heavy (non-hydrogen) atoms. The number of nitrogens with zero attached hydrogens (tertiary/aromatic N) is 2. The molecule has 0 aromatic carbocycles. The third-order valence-electron chi connectivity index (χ3n) is 1.42. The summed E-state index contributed by atoms with van der Waals surface area (Å²) in [6, 6.07) is 0. The van der Waals surface area contributed by atoms with Crippen LogP contribution >= 0.6 is 49.7 Å². The predicted molar refractivity (Wildman–Crippen MR) is 79.8 cm³/mol. The summed E-state index contributed by atoms with van der Waals surface area (Å²) in [6.07, 6.45) is 0. The summed E-state index contributed by atoms with van der Waals surface area (Å²) >= 11 is 17.3. The van der Waals surface area contributed by atoms with E-state index < -0.39 is 0 Å². The van der Waals surface area contributed by atoms with Gasteiger partial charge in [0.1, 0.15) is 8.64 Å². The Kier molecular flexibility index (Phi) is 26.9. The average Bonchev–Trinajstić information content (AvgIpc) is 2.06. The molecule has 0 spiro atoms. The molecule has 0 unspecified atom stereocenters. The van der Waals surface area contributed by atoms with Crippen molar-refractivity contribution >= 4 is 58.3 Å². The van der Waals surface area contributed by atoms with Crippen LogP contribution in [0.4, 0.5) is 0 Å². The molecular weight excluding hydrogens is 370 g/mol. The van der Waals surface area contributed by atoms with Gasteiger partial charge in [0, 0.05) is 60.2 Å². The molecule has 0 N–H and O–H groups in total. The van der Waals surface area contributed by atoms with E-state index in [-0.39, 0.29) is 33.0 Å². The summed E-state index contributed by atoms with van der Waals surface area (Å²) in [7, 11) is 3.71. The van der Waals surface area contributed by atoms with Crippen molar-refractivity contribution in [3.8, 4) is 0 Å². The van der Waals surface area contributed by atoms with Gasteiger partial charge < -0.3 is 9.80 Å². The Morgan fingerprint density at radius 1 is 0.938 bits per heavy atom. The smallest absolute Gasteiger partial charge is 0.133 e. The zero-order valence-corrected chi connectivity index (χ0v) is 15.0. The molecule has 0 heterocycles. The number of thiocarbonyl (C=S) groups is 2. The summed E-state index contributed by atoms with van der Waals surface area (Å²) in [5, 5.41) is 0. The SMILES string of the molecule is CCN(CC)C(=S)S.CN(C)C(=S)S.[Ni].[Ni]. The van der Waals surface area contributed by atoms with Crippen LogP contribution in [-0.4, -0.2) is 45.6 Å². The molecule has 0 fully saturated rings. The Balaban J connectivity index is -0.0000000825. The van der Waals surface area contributed by atoms with Crippen LogP contribution in [0.3, 0.4) is 0 Å². The van der Waals surface area contributed by atoms with Crippen molar-refractivity contribution < 1.29 is 33.0 Å². The first-order valence-corrected chi connectivity index (χ1v) is 5.95. The van der Waals surface area contributed by atoms with Gasteiger partial charge in [-0.25, -0.2) is 0 Å². The Morgan fingerprint density at radius 3 is 1.19 bits per heavy atom. The Morgan fingerprint density at radius 2 is 1.19 bits per heavy atom. The van der Waals surface area contributed by atoms with Gasteiger partial charge >= 0.3 is 0 Å². The van der Waals surface area contributed by atoms with Crippen LogP contribution in [0.15, 0.2) is 0 Å². The van der Waals surface area contributed by atoms with Crippen LogP contribution in [0.1, 0.15) is 13.8 Å². The normalized spacial score (nSPS) is 7.38. The van der Waals surface area contributed by atoms with E-state index in [0.29, 0.717) is 8.64 Å². The van der Waals surface area contributed by atoms with Gasteiger partial charge in [-0.05, 0) is 13.8 Å². The van der Waals surface area contributed by atoms with Gasteiger partial charge in [0.2, 0.25) is 0 Å². The Labute approximate surface area is 141 Å². The van der Waals surface area contributed by atoms with Gasteiger partial charge in [-0.1, -0.05) is 24.4 Å². The second-order valence-electron chi connectivity index (χ2n) is 2.63. The molecule has 0 aliphatic heterocycles. The summed E-state index contributed by atoms with van der Waals surface area (Å²) in [4.78, 5) is 3.77. The Hall–Kier alpha value is 1.47. The van der Waals surface area contributed by atoms with E-state index in [1.807, 2.05) is 19.0 Å². The van der Waals surface area contributed by atoms with Crippen LogP contribution in [-0.2, 0) is 33.0 Å². The van der Waals surface area contributed by atoms with Crippen molar-refractivity contribution in [1.82, 2.24) is 9.80 Å². The molecule has 0 rings (SSSR count). The van der Waals surface area contributed by atoms with E-state index >= 15 is 0 Å². The minimum absolute atomic E-state index is 0. The van der Waals surface area contributed by atoms with Crippen molar-refractivity contribution in [2.75, 3.05) is 27.2 Å². The molecule has 0 aromatic heterocycles. The maximum atomic E-state index is 4.81. The summed E-state index contributed by atoms with van der Waals surface area (Å²) in [6.45, 7) is 6.04. The van der Waals surface area contributed by atoms with Crippen molar-refractivity contribution in [1.29, 1.82) is 0 Å². The number of hydrogen-bond acceptors (Lipinski definition) is 2. The molecule has 0 atom stereocenters.